The highest BCUT2D eigenvalue weighted by Crippen LogP contribution is 2.23. The summed E-state index contributed by atoms with van der Waals surface area (Å²) in [6.07, 6.45) is 12.5. The lowest BCUT2D eigenvalue weighted by Gasteiger charge is -2.03. The maximum Gasteiger partial charge on any atom is 0.230 e. The highest BCUT2D eigenvalue weighted by atomic mass is 14.8. The van der Waals surface area contributed by atoms with Crippen molar-refractivity contribution in [2.45, 2.75) is 0 Å². The van der Waals surface area contributed by atoms with E-state index in [1.807, 2.05) is 18.5 Å². The van der Waals surface area contributed by atoms with Crippen LogP contribution in [0.3, 0.4) is 0 Å². The second kappa shape index (κ2) is 9.81. The van der Waals surface area contributed by atoms with Crippen LogP contribution in [-0.4, -0.2) is 4.98 Å². The van der Waals surface area contributed by atoms with Crippen molar-refractivity contribution in [2.75, 3.05) is 0 Å². The summed E-state index contributed by atoms with van der Waals surface area (Å²) >= 11 is 0. The zero-order chi connectivity index (χ0) is 24.2. The fraction of sp³-hybridized carbons (Fsp3) is 0. The van der Waals surface area contributed by atoms with Gasteiger partial charge in [-0.15, -0.1) is 0 Å². The summed E-state index contributed by atoms with van der Waals surface area (Å²) in [4.78, 5) is 7.98. The molecule has 6 rings (SSSR count). The molecular weight excluding hydrogens is 436 g/mol. The van der Waals surface area contributed by atoms with E-state index >= 15 is 0 Å². The Morgan fingerprint density at radius 1 is 0.528 bits per heavy atom. The van der Waals surface area contributed by atoms with Gasteiger partial charge in [0.05, 0.1) is 0 Å². The lowest BCUT2D eigenvalue weighted by molar-refractivity contribution is -0.364. The first-order chi connectivity index (χ1) is 17.8. The van der Waals surface area contributed by atoms with Crippen molar-refractivity contribution in [3.63, 3.8) is 0 Å². The van der Waals surface area contributed by atoms with Gasteiger partial charge in [-0.2, -0.15) is 0 Å². The summed E-state index contributed by atoms with van der Waals surface area (Å²) in [5.41, 5.74) is 6.54. The van der Waals surface area contributed by atoms with E-state index in [-0.39, 0.29) is 0 Å². The van der Waals surface area contributed by atoms with Crippen LogP contribution >= 0.6 is 0 Å². The standard InChI is InChI=1S/C34H24N2/c1-3-13-31-27(7-1)9-5-11-29(31)17-15-25-19-21-35-33(23-25)34-24-26(20-22-36-34)16-18-30-12-6-10-28-8-2-4-14-32(28)30/h1-24H/p+1/b17-15+,18-16+. The molecule has 0 amide bonds. The number of H-pyrrole nitrogens is 1. The molecule has 0 saturated carbocycles. The zero-order valence-electron chi connectivity index (χ0n) is 19.8. The molecular formula is C34H25N2+. The van der Waals surface area contributed by atoms with E-state index in [0.29, 0.717) is 0 Å². The number of hydrogen-bond donors (Lipinski definition) is 0. The molecule has 6 aromatic rings. The Balaban J connectivity index is 1.27. The average molecular weight is 462 g/mol. The minimum Gasteiger partial charge on any atom is -0.250 e. The maximum atomic E-state index is 4.63. The van der Waals surface area contributed by atoms with Crippen molar-refractivity contribution in [1.29, 1.82) is 0 Å². The molecule has 0 fully saturated rings. The minimum atomic E-state index is 0.912. The predicted octanol–water partition coefficient (Wildman–Crippen LogP) is 8.21. The second-order valence-corrected chi connectivity index (χ2v) is 8.81. The highest BCUT2D eigenvalue weighted by Gasteiger charge is 2.08. The van der Waals surface area contributed by atoms with Gasteiger partial charge >= 0.3 is 0 Å². The average Bonchev–Trinajstić information content (AvgIpc) is 2.95. The van der Waals surface area contributed by atoms with Crippen LogP contribution in [0.4, 0.5) is 0 Å². The molecule has 36 heavy (non-hydrogen) atoms. The Hall–Kier alpha value is -4.82. The number of hydrogen-bond acceptors (Lipinski definition) is 1. The number of pyridine rings is 2. The third-order valence-corrected chi connectivity index (χ3v) is 6.44. The van der Waals surface area contributed by atoms with Gasteiger partial charge in [0.1, 0.15) is 5.69 Å². The fourth-order valence-electron chi connectivity index (χ4n) is 4.60. The van der Waals surface area contributed by atoms with Gasteiger partial charge in [-0.05, 0) is 55.9 Å². The van der Waals surface area contributed by atoms with Gasteiger partial charge in [0, 0.05) is 18.3 Å². The topological polar surface area (TPSA) is 27.0 Å². The molecule has 2 aromatic heterocycles. The fourth-order valence-corrected chi connectivity index (χ4v) is 4.60. The summed E-state index contributed by atoms with van der Waals surface area (Å²) in [6, 6.07) is 38.1. The lowest BCUT2D eigenvalue weighted by atomic mass is 10.0. The molecule has 170 valence electrons. The van der Waals surface area contributed by atoms with Crippen LogP contribution in [0.5, 0.6) is 0 Å². The van der Waals surface area contributed by atoms with Crippen molar-refractivity contribution in [3.05, 3.63) is 144 Å². The smallest absolute Gasteiger partial charge is 0.230 e. The Morgan fingerprint density at radius 3 is 1.78 bits per heavy atom. The number of aromatic nitrogens is 2. The number of fused-ring (bicyclic) bond motifs is 2. The van der Waals surface area contributed by atoms with E-state index in [0.717, 1.165) is 22.5 Å². The molecule has 0 radical (unpaired) electrons. The highest BCUT2D eigenvalue weighted by molar-refractivity contribution is 5.94. The van der Waals surface area contributed by atoms with E-state index in [2.05, 4.69) is 137 Å². The first-order valence-electron chi connectivity index (χ1n) is 12.1. The monoisotopic (exact) mass is 461 g/mol. The van der Waals surface area contributed by atoms with Gasteiger partial charge < -0.3 is 0 Å². The molecule has 0 spiro atoms. The van der Waals surface area contributed by atoms with E-state index in [9.17, 15) is 0 Å². The van der Waals surface area contributed by atoms with Crippen LogP contribution in [0.2, 0.25) is 0 Å². The van der Waals surface area contributed by atoms with Crippen LogP contribution in [0.1, 0.15) is 22.3 Å². The van der Waals surface area contributed by atoms with Crippen molar-refractivity contribution >= 4 is 45.8 Å². The molecule has 0 aliphatic heterocycles. The van der Waals surface area contributed by atoms with Crippen molar-refractivity contribution in [1.82, 2.24) is 4.98 Å². The van der Waals surface area contributed by atoms with Gasteiger partial charge in [0.25, 0.3) is 0 Å². The number of benzene rings is 4. The SMILES string of the molecule is C(=C\c1cccc2ccccc12)/c1ccnc(-c2cc(/C=C/c3cccc4ccccc34)cc[nH+]2)c1. The first kappa shape index (κ1) is 21.7. The van der Waals surface area contributed by atoms with Crippen molar-refractivity contribution in [2.24, 2.45) is 0 Å². The van der Waals surface area contributed by atoms with E-state index in [1.54, 1.807) is 0 Å². The van der Waals surface area contributed by atoms with E-state index in [1.165, 1.54) is 32.7 Å². The van der Waals surface area contributed by atoms with Crippen LogP contribution in [0, 0.1) is 0 Å². The van der Waals surface area contributed by atoms with E-state index < -0.39 is 0 Å². The number of aromatic amines is 1. The Morgan fingerprint density at radius 2 is 1.11 bits per heavy atom. The third-order valence-electron chi connectivity index (χ3n) is 6.44. The summed E-state index contributed by atoms with van der Waals surface area (Å²) in [6.45, 7) is 0. The molecule has 0 atom stereocenters. The normalized spacial score (nSPS) is 11.7. The summed E-state index contributed by atoms with van der Waals surface area (Å²) < 4.78 is 0. The Kier molecular flexibility index (Phi) is 5.91. The second-order valence-electron chi connectivity index (χ2n) is 8.81. The van der Waals surface area contributed by atoms with Crippen LogP contribution < -0.4 is 4.98 Å². The Labute approximate surface area is 210 Å². The molecule has 0 aliphatic carbocycles. The van der Waals surface area contributed by atoms with Gasteiger partial charge in [0.15, 0.2) is 6.20 Å². The Bertz CT molecular complexity index is 1600. The maximum absolute atomic E-state index is 4.63. The molecule has 2 heteroatoms. The summed E-state index contributed by atoms with van der Waals surface area (Å²) in [7, 11) is 0. The van der Waals surface area contributed by atoms with Crippen LogP contribution in [0.25, 0.3) is 57.2 Å². The summed E-state index contributed by atoms with van der Waals surface area (Å²) in [5.74, 6) is 0. The number of nitrogens with zero attached hydrogens (tertiary/aromatic N) is 1. The van der Waals surface area contributed by atoms with Gasteiger partial charge in [0.2, 0.25) is 5.69 Å². The van der Waals surface area contributed by atoms with Gasteiger partial charge in [-0.25, -0.2) is 9.97 Å². The zero-order valence-corrected chi connectivity index (χ0v) is 19.8. The molecule has 2 heterocycles. The molecule has 0 unspecified atom stereocenters. The van der Waals surface area contributed by atoms with Gasteiger partial charge in [-0.1, -0.05) is 109 Å². The predicted molar refractivity (Wildman–Crippen MR) is 152 cm³/mol. The summed E-state index contributed by atoms with van der Waals surface area (Å²) in [5, 5.41) is 5.01. The molecule has 0 saturated heterocycles. The third kappa shape index (κ3) is 4.57. The number of nitrogens with one attached hydrogen (secondary N) is 1. The van der Waals surface area contributed by atoms with Gasteiger partial charge in [-0.3, -0.25) is 0 Å². The molecule has 2 nitrogen and oxygen atoms in total. The quantitative estimate of drug-likeness (QED) is 0.254. The lowest BCUT2D eigenvalue weighted by Crippen LogP contribution is -2.06. The minimum absolute atomic E-state index is 0.912. The number of rotatable bonds is 5. The largest absolute Gasteiger partial charge is 0.250 e. The van der Waals surface area contributed by atoms with Crippen LogP contribution in [0.15, 0.2) is 122 Å². The molecule has 1 N–H and O–H groups in total. The van der Waals surface area contributed by atoms with Crippen LogP contribution in [-0.2, 0) is 0 Å². The molecule has 0 aliphatic rings. The van der Waals surface area contributed by atoms with Crippen molar-refractivity contribution in [3.8, 4) is 11.4 Å². The first-order valence-corrected chi connectivity index (χ1v) is 12.1. The molecule has 4 aromatic carbocycles. The van der Waals surface area contributed by atoms with E-state index in [4.69, 9.17) is 0 Å². The molecule has 0 bridgehead atoms. The van der Waals surface area contributed by atoms with Crippen molar-refractivity contribution < 1.29 is 4.98 Å².